The number of aliphatic carboxylic acids is 1. The predicted octanol–water partition coefficient (Wildman–Crippen LogP) is 2.61. The molecular weight excluding hydrogens is 204 g/mol. The fraction of sp³-hybridized carbons (Fsp3) is 0.769. The molecule has 4 atom stereocenters. The number of allylic oxidation sites excluding steroid dienone is 2. The SMILES string of the molecule is CCC=CCC1C(CC(=O)O)CCC2OC21. The Balaban J connectivity index is 1.92. The van der Waals surface area contributed by atoms with E-state index < -0.39 is 5.97 Å². The lowest BCUT2D eigenvalue weighted by Gasteiger charge is -2.26. The zero-order valence-electron chi connectivity index (χ0n) is 9.76. The molecule has 1 heterocycles. The number of hydrogen-bond donors (Lipinski definition) is 1. The van der Waals surface area contributed by atoms with Gasteiger partial charge in [0.05, 0.1) is 12.2 Å². The molecule has 2 fully saturated rings. The summed E-state index contributed by atoms with van der Waals surface area (Å²) in [5.74, 6) is 0.0639. The maximum Gasteiger partial charge on any atom is 0.303 e. The van der Waals surface area contributed by atoms with Gasteiger partial charge in [-0.3, -0.25) is 4.79 Å². The minimum Gasteiger partial charge on any atom is -0.481 e. The van der Waals surface area contributed by atoms with E-state index in [-0.39, 0.29) is 0 Å². The summed E-state index contributed by atoms with van der Waals surface area (Å²) >= 11 is 0. The summed E-state index contributed by atoms with van der Waals surface area (Å²) in [5, 5.41) is 8.90. The van der Waals surface area contributed by atoms with E-state index in [4.69, 9.17) is 9.84 Å². The highest BCUT2D eigenvalue weighted by molar-refractivity contribution is 5.67. The molecule has 1 aliphatic carbocycles. The van der Waals surface area contributed by atoms with Crippen LogP contribution >= 0.6 is 0 Å². The second-order valence-electron chi connectivity index (χ2n) is 4.85. The van der Waals surface area contributed by atoms with Gasteiger partial charge in [-0.2, -0.15) is 0 Å². The van der Waals surface area contributed by atoms with E-state index in [0.717, 1.165) is 25.7 Å². The Bertz CT molecular complexity index is 285. The number of ether oxygens (including phenoxy) is 1. The molecule has 2 aliphatic rings. The summed E-state index contributed by atoms with van der Waals surface area (Å²) in [5.41, 5.74) is 0. The average Bonchev–Trinajstić information content (AvgIpc) is 2.99. The molecule has 0 bridgehead atoms. The van der Waals surface area contributed by atoms with Crippen LogP contribution in [0.25, 0.3) is 0 Å². The Morgan fingerprint density at radius 3 is 2.94 bits per heavy atom. The van der Waals surface area contributed by atoms with Crippen molar-refractivity contribution in [3.05, 3.63) is 12.2 Å². The molecule has 0 radical (unpaired) electrons. The van der Waals surface area contributed by atoms with E-state index >= 15 is 0 Å². The van der Waals surface area contributed by atoms with Gasteiger partial charge in [-0.15, -0.1) is 0 Å². The van der Waals surface area contributed by atoms with Gasteiger partial charge in [-0.05, 0) is 37.5 Å². The molecule has 3 nitrogen and oxygen atoms in total. The number of fused-ring (bicyclic) bond motifs is 1. The quantitative estimate of drug-likeness (QED) is 0.577. The Kier molecular flexibility index (Phi) is 3.64. The Labute approximate surface area is 96.5 Å². The van der Waals surface area contributed by atoms with E-state index in [1.54, 1.807) is 0 Å². The Morgan fingerprint density at radius 2 is 2.25 bits per heavy atom. The van der Waals surface area contributed by atoms with Gasteiger partial charge in [-0.25, -0.2) is 0 Å². The maximum absolute atomic E-state index is 10.8. The number of hydrogen-bond acceptors (Lipinski definition) is 2. The summed E-state index contributed by atoms with van der Waals surface area (Å²) in [6.07, 6.45) is 9.52. The van der Waals surface area contributed by atoms with Crippen molar-refractivity contribution in [1.29, 1.82) is 0 Å². The van der Waals surface area contributed by atoms with Crippen molar-refractivity contribution in [2.24, 2.45) is 11.8 Å². The fourth-order valence-electron chi connectivity index (χ4n) is 2.85. The molecule has 1 saturated heterocycles. The first-order valence-electron chi connectivity index (χ1n) is 6.24. The van der Waals surface area contributed by atoms with Crippen molar-refractivity contribution in [3.63, 3.8) is 0 Å². The second-order valence-corrected chi connectivity index (χ2v) is 4.85. The average molecular weight is 224 g/mol. The van der Waals surface area contributed by atoms with Crippen LogP contribution in [0.1, 0.15) is 39.0 Å². The number of carbonyl (C=O) groups is 1. The van der Waals surface area contributed by atoms with E-state index in [1.807, 2.05) is 0 Å². The molecular formula is C13H20O3. The third-order valence-electron chi connectivity index (χ3n) is 3.72. The summed E-state index contributed by atoms with van der Waals surface area (Å²) in [6.45, 7) is 2.11. The first-order chi connectivity index (χ1) is 7.72. The highest BCUT2D eigenvalue weighted by atomic mass is 16.6. The fourth-order valence-corrected chi connectivity index (χ4v) is 2.85. The summed E-state index contributed by atoms with van der Waals surface area (Å²) in [7, 11) is 0. The first-order valence-corrected chi connectivity index (χ1v) is 6.24. The lowest BCUT2D eigenvalue weighted by molar-refractivity contribution is -0.138. The van der Waals surface area contributed by atoms with Gasteiger partial charge in [0.1, 0.15) is 0 Å². The van der Waals surface area contributed by atoms with Gasteiger partial charge in [0.2, 0.25) is 0 Å². The van der Waals surface area contributed by atoms with Gasteiger partial charge in [0.15, 0.2) is 0 Å². The lowest BCUT2D eigenvalue weighted by Crippen LogP contribution is -2.28. The van der Waals surface area contributed by atoms with Crippen molar-refractivity contribution < 1.29 is 14.6 Å². The van der Waals surface area contributed by atoms with E-state index in [9.17, 15) is 4.79 Å². The van der Waals surface area contributed by atoms with E-state index in [1.165, 1.54) is 0 Å². The molecule has 1 N–H and O–H groups in total. The second kappa shape index (κ2) is 5.00. The van der Waals surface area contributed by atoms with Gasteiger partial charge in [0.25, 0.3) is 0 Å². The minimum atomic E-state index is -0.673. The van der Waals surface area contributed by atoms with Crippen LogP contribution < -0.4 is 0 Å². The molecule has 0 aromatic rings. The Hall–Kier alpha value is -0.830. The smallest absolute Gasteiger partial charge is 0.303 e. The summed E-state index contributed by atoms with van der Waals surface area (Å²) in [6, 6.07) is 0. The van der Waals surface area contributed by atoms with Crippen LogP contribution in [0.3, 0.4) is 0 Å². The highest BCUT2D eigenvalue weighted by Crippen LogP contribution is 2.46. The molecule has 4 unspecified atom stereocenters. The summed E-state index contributed by atoms with van der Waals surface area (Å²) in [4.78, 5) is 10.8. The molecule has 0 aromatic heterocycles. The molecule has 0 aromatic carbocycles. The van der Waals surface area contributed by atoms with Gasteiger partial charge in [-0.1, -0.05) is 19.1 Å². The van der Waals surface area contributed by atoms with Crippen molar-refractivity contribution in [3.8, 4) is 0 Å². The first kappa shape index (κ1) is 11.6. The van der Waals surface area contributed by atoms with Crippen LogP contribution in [0.5, 0.6) is 0 Å². The van der Waals surface area contributed by atoms with Gasteiger partial charge in [0, 0.05) is 6.42 Å². The van der Waals surface area contributed by atoms with Crippen LogP contribution in [0.15, 0.2) is 12.2 Å². The number of epoxide rings is 1. The number of carboxylic acids is 1. The number of carboxylic acid groups (broad SMARTS) is 1. The van der Waals surface area contributed by atoms with Gasteiger partial charge < -0.3 is 9.84 Å². The standard InChI is InChI=1S/C13H20O3/c1-2-3-4-5-10-9(8-12(14)15)6-7-11-13(10)16-11/h3-4,9-11,13H,2,5-8H2,1H3,(H,14,15). The predicted molar refractivity (Wildman–Crippen MR) is 61.2 cm³/mol. The Morgan fingerprint density at radius 1 is 1.44 bits per heavy atom. The molecule has 2 rings (SSSR count). The topological polar surface area (TPSA) is 49.8 Å². The molecule has 1 saturated carbocycles. The van der Waals surface area contributed by atoms with Crippen LogP contribution in [0.4, 0.5) is 0 Å². The molecule has 16 heavy (non-hydrogen) atoms. The van der Waals surface area contributed by atoms with Crippen LogP contribution in [0.2, 0.25) is 0 Å². The minimum absolute atomic E-state index is 0.303. The molecule has 1 aliphatic heterocycles. The van der Waals surface area contributed by atoms with Crippen LogP contribution in [-0.2, 0) is 9.53 Å². The van der Waals surface area contributed by atoms with E-state index in [0.29, 0.717) is 30.5 Å². The highest BCUT2D eigenvalue weighted by Gasteiger charge is 2.50. The van der Waals surface area contributed by atoms with Crippen molar-refractivity contribution in [2.75, 3.05) is 0 Å². The summed E-state index contributed by atoms with van der Waals surface area (Å²) < 4.78 is 5.61. The van der Waals surface area contributed by atoms with Crippen molar-refractivity contribution in [2.45, 2.75) is 51.2 Å². The normalized spacial score (nSPS) is 37.3. The third-order valence-corrected chi connectivity index (χ3v) is 3.72. The largest absolute Gasteiger partial charge is 0.481 e. The number of rotatable bonds is 5. The molecule has 3 heteroatoms. The molecule has 0 amide bonds. The van der Waals surface area contributed by atoms with Crippen LogP contribution in [-0.4, -0.2) is 23.3 Å². The zero-order chi connectivity index (χ0) is 11.5. The van der Waals surface area contributed by atoms with Crippen molar-refractivity contribution >= 4 is 5.97 Å². The maximum atomic E-state index is 10.8. The van der Waals surface area contributed by atoms with Crippen molar-refractivity contribution in [1.82, 2.24) is 0 Å². The lowest BCUT2D eigenvalue weighted by atomic mass is 9.76. The van der Waals surface area contributed by atoms with Gasteiger partial charge >= 0.3 is 5.97 Å². The van der Waals surface area contributed by atoms with E-state index in [2.05, 4.69) is 19.1 Å². The van der Waals surface area contributed by atoms with Crippen LogP contribution in [0, 0.1) is 11.8 Å². The third kappa shape index (κ3) is 2.64. The monoisotopic (exact) mass is 224 g/mol. The molecule has 90 valence electrons. The zero-order valence-corrected chi connectivity index (χ0v) is 9.76. The molecule has 0 spiro atoms.